The van der Waals surface area contributed by atoms with Crippen molar-refractivity contribution in [3.05, 3.63) is 70.6 Å². The van der Waals surface area contributed by atoms with Crippen LogP contribution in [0.2, 0.25) is 0 Å². The van der Waals surface area contributed by atoms with Gasteiger partial charge < -0.3 is 31.1 Å². The third-order valence-corrected chi connectivity index (χ3v) is 11.2. The van der Waals surface area contributed by atoms with E-state index in [1.165, 1.54) is 30.7 Å². The number of carboxylic acid groups (broad SMARTS) is 1. The molecule has 0 bridgehead atoms. The Kier molecular flexibility index (Phi) is 12.4. The first-order valence-electron chi connectivity index (χ1n) is 17.1. The van der Waals surface area contributed by atoms with Crippen LogP contribution >= 0.6 is 11.3 Å². The Hall–Kier alpha value is -3.31. The second-order valence-corrected chi connectivity index (χ2v) is 14.6. The van der Waals surface area contributed by atoms with Crippen LogP contribution in [0.4, 0.5) is 0 Å². The SMILES string of the molecule is Cc1cccc2cc(C(=O)O)sc12.NC1(C(=O)N[C@H](Cc2ccccc2)C(=O)NCC2CCN(CC3CCOCC3)CC2)CCCC1. The number of fused-ring (bicyclic) bond motifs is 1. The van der Waals surface area contributed by atoms with Gasteiger partial charge in [0, 0.05) is 37.4 Å². The molecule has 254 valence electrons. The fraction of sp³-hybridized carbons (Fsp3) is 0.541. The number of hydrogen-bond donors (Lipinski definition) is 4. The van der Waals surface area contributed by atoms with Gasteiger partial charge in [0.1, 0.15) is 10.9 Å². The number of benzene rings is 2. The molecule has 47 heavy (non-hydrogen) atoms. The summed E-state index contributed by atoms with van der Waals surface area (Å²) in [5, 5.41) is 15.9. The van der Waals surface area contributed by atoms with Crippen molar-refractivity contribution in [1.82, 2.24) is 15.5 Å². The lowest BCUT2D eigenvalue weighted by Crippen LogP contribution is -2.58. The molecule has 1 aromatic heterocycles. The molecule has 6 rings (SSSR count). The molecular weight excluding hydrogens is 612 g/mol. The molecule has 9 nitrogen and oxygen atoms in total. The predicted octanol–water partition coefficient (Wildman–Crippen LogP) is 5.15. The predicted molar refractivity (Wildman–Crippen MR) is 187 cm³/mol. The van der Waals surface area contributed by atoms with Gasteiger partial charge in [0.05, 0.1) is 5.54 Å². The number of ether oxygens (including phenoxy) is 1. The molecule has 0 radical (unpaired) electrons. The summed E-state index contributed by atoms with van der Waals surface area (Å²) in [6.07, 6.45) is 8.33. The van der Waals surface area contributed by atoms with Crippen LogP contribution in [-0.2, 0) is 20.7 Å². The number of carboxylic acids is 1. The van der Waals surface area contributed by atoms with Crippen molar-refractivity contribution >= 4 is 39.2 Å². The van der Waals surface area contributed by atoms with Crippen LogP contribution in [0.15, 0.2) is 54.6 Å². The number of aryl methyl sites for hydroxylation is 1. The fourth-order valence-corrected chi connectivity index (χ4v) is 7.91. The van der Waals surface area contributed by atoms with Crippen molar-refractivity contribution in [3.8, 4) is 0 Å². The first-order valence-corrected chi connectivity index (χ1v) is 18.0. The molecule has 3 aliphatic rings. The van der Waals surface area contributed by atoms with Gasteiger partial charge >= 0.3 is 5.97 Å². The minimum atomic E-state index is -0.847. The molecule has 5 N–H and O–H groups in total. The number of hydrogen-bond acceptors (Lipinski definition) is 7. The van der Waals surface area contributed by atoms with E-state index < -0.39 is 17.6 Å². The van der Waals surface area contributed by atoms with Crippen molar-refractivity contribution in [1.29, 1.82) is 0 Å². The number of piperidine rings is 1. The largest absolute Gasteiger partial charge is 0.477 e. The van der Waals surface area contributed by atoms with E-state index in [1.807, 2.05) is 55.5 Å². The Bertz CT molecular complexity index is 1470. The van der Waals surface area contributed by atoms with Gasteiger partial charge in [-0.05, 0) is 93.0 Å². The minimum Gasteiger partial charge on any atom is -0.477 e. The van der Waals surface area contributed by atoms with Gasteiger partial charge in [0.25, 0.3) is 0 Å². The zero-order chi connectivity index (χ0) is 33.2. The normalized spacial score (nSPS) is 19.4. The molecule has 1 saturated carbocycles. The molecule has 2 amide bonds. The number of nitrogens with one attached hydrogen (secondary N) is 2. The molecule has 3 fully saturated rings. The number of nitrogens with two attached hydrogens (primary N) is 1. The Morgan fingerprint density at radius 1 is 1.00 bits per heavy atom. The molecule has 1 atom stereocenters. The van der Waals surface area contributed by atoms with Crippen molar-refractivity contribution in [2.75, 3.05) is 39.4 Å². The van der Waals surface area contributed by atoms with E-state index in [0.717, 1.165) is 79.1 Å². The highest BCUT2D eigenvalue weighted by molar-refractivity contribution is 7.20. The zero-order valence-electron chi connectivity index (χ0n) is 27.5. The molecule has 10 heteroatoms. The Morgan fingerprint density at radius 3 is 2.36 bits per heavy atom. The van der Waals surface area contributed by atoms with E-state index in [1.54, 1.807) is 6.07 Å². The summed E-state index contributed by atoms with van der Waals surface area (Å²) < 4.78 is 6.55. The summed E-state index contributed by atoms with van der Waals surface area (Å²) in [5.74, 6) is 0.100. The van der Waals surface area contributed by atoms with E-state index in [-0.39, 0.29) is 11.8 Å². The first-order chi connectivity index (χ1) is 22.7. The van der Waals surface area contributed by atoms with Crippen LogP contribution < -0.4 is 16.4 Å². The first kappa shape index (κ1) is 35.0. The van der Waals surface area contributed by atoms with Gasteiger partial charge in [-0.25, -0.2) is 4.79 Å². The number of carbonyl (C=O) groups is 3. The van der Waals surface area contributed by atoms with E-state index in [4.69, 9.17) is 15.6 Å². The standard InChI is InChI=1S/C27H42N4O3.C10H8O2S/c28-27(12-4-5-13-27)26(33)30-24(18-21-6-2-1-3-7-21)25(32)29-19-22-8-14-31(15-9-22)20-23-10-16-34-17-11-23;1-6-3-2-4-7-5-8(10(11)12)13-9(6)7/h1-3,6-7,22-24H,4-5,8-20,28H2,(H,29,32)(H,30,33);2-5H,1H3,(H,11,12)/t24-;/m1./s1. The fourth-order valence-electron chi connectivity index (χ4n) is 6.94. The van der Waals surface area contributed by atoms with Crippen LogP contribution in [-0.4, -0.2) is 78.8 Å². The maximum atomic E-state index is 13.2. The van der Waals surface area contributed by atoms with Crippen LogP contribution in [0.5, 0.6) is 0 Å². The number of amides is 2. The van der Waals surface area contributed by atoms with Gasteiger partial charge in [-0.15, -0.1) is 11.3 Å². The molecule has 0 spiro atoms. The van der Waals surface area contributed by atoms with E-state index in [2.05, 4.69) is 15.5 Å². The lowest BCUT2D eigenvalue weighted by molar-refractivity contribution is -0.132. The molecule has 1 aliphatic carbocycles. The summed E-state index contributed by atoms with van der Waals surface area (Å²) in [5.41, 5.74) is 7.68. The highest BCUT2D eigenvalue weighted by atomic mass is 32.1. The van der Waals surface area contributed by atoms with Crippen molar-refractivity contribution in [2.24, 2.45) is 17.6 Å². The molecule has 2 aliphatic heterocycles. The smallest absolute Gasteiger partial charge is 0.345 e. The van der Waals surface area contributed by atoms with Gasteiger partial charge in [0.15, 0.2) is 0 Å². The lowest BCUT2D eigenvalue weighted by atomic mass is 9.93. The highest BCUT2D eigenvalue weighted by Gasteiger charge is 2.39. The van der Waals surface area contributed by atoms with Crippen molar-refractivity contribution in [3.63, 3.8) is 0 Å². The van der Waals surface area contributed by atoms with Crippen molar-refractivity contribution < 1.29 is 24.2 Å². The maximum Gasteiger partial charge on any atom is 0.345 e. The number of thiophene rings is 1. The van der Waals surface area contributed by atoms with E-state index in [0.29, 0.717) is 36.6 Å². The van der Waals surface area contributed by atoms with Gasteiger partial charge in [0.2, 0.25) is 11.8 Å². The number of rotatable bonds is 10. The summed E-state index contributed by atoms with van der Waals surface area (Å²) in [6, 6.07) is 16.8. The molecule has 0 unspecified atom stereocenters. The Labute approximate surface area is 282 Å². The number of aromatic carboxylic acids is 1. The topological polar surface area (TPSA) is 134 Å². The number of nitrogens with zero attached hydrogens (tertiary/aromatic N) is 1. The summed E-state index contributed by atoms with van der Waals surface area (Å²) >= 11 is 1.33. The average Bonchev–Trinajstić information content (AvgIpc) is 3.74. The van der Waals surface area contributed by atoms with E-state index >= 15 is 0 Å². The van der Waals surface area contributed by atoms with Gasteiger partial charge in [-0.3, -0.25) is 9.59 Å². The molecule has 3 heterocycles. The summed E-state index contributed by atoms with van der Waals surface area (Å²) in [7, 11) is 0. The second kappa shape index (κ2) is 16.7. The van der Waals surface area contributed by atoms with Crippen LogP contribution in [0.25, 0.3) is 10.1 Å². The average molecular weight is 663 g/mol. The number of carbonyl (C=O) groups excluding carboxylic acids is 2. The Balaban J connectivity index is 0.000000277. The quantitative estimate of drug-likeness (QED) is 0.236. The van der Waals surface area contributed by atoms with Gasteiger partial charge in [-0.1, -0.05) is 61.4 Å². The summed E-state index contributed by atoms with van der Waals surface area (Å²) in [4.78, 5) is 39.8. The van der Waals surface area contributed by atoms with E-state index in [9.17, 15) is 14.4 Å². The molecule has 2 aromatic carbocycles. The third-order valence-electron chi connectivity index (χ3n) is 9.93. The zero-order valence-corrected chi connectivity index (χ0v) is 28.4. The highest BCUT2D eigenvalue weighted by Crippen LogP contribution is 2.29. The van der Waals surface area contributed by atoms with Gasteiger partial charge in [-0.2, -0.15) is 0 Å². The van der Waals surface area contributed by atoms with Crippen LogP contribution in [0.1, 0.15) is 72.2 Å². The number of likely N-dealkylation sites (tertiary alicyclic amines) is 1. The van der Waals surface area contributed by atoms with Crippen molar-refractivity contribution in [2.45, 2.75) is 76.3 Å². The molecular formula is C37H50N4O5S. The maximum absolute atomic E-state index is 13.2. The molecule has 2 saturated heterocycles. The molecule has 3 aromatic rings. The monoisotopic (exact) mass is 662 g/mol. The Morgan fingerprint density at radius 2 is 1.70 bits per heavy atom. The van der Waals surface area contributed by atoms with Crippen LogP contribution in [0, 0.1) is 18.8 Å². The second-order valence-electron chi connectivity index (χ2n) is 13.5. The lowest BCUT2D eigenvalue weighted by Gasteiger charge is -2.35. The van der Waals surface area contributed by atoms with Crippen LogP contribution in [0.3, 0.4) is 0 Å². The third kappa shape index (κ3) is 9.85. The minimum absolute atomic E-state index is 0.108. The summed E-state index contributed by atoms with van der Waals surface area (Å²) in [6.45, 7) is 7.82.